The van der Waals surface area contributed by atoms with Crippen LogP contribution in [0.1, 0.15) is 0 Å². The molecule has 2 aliphatic heterocycles. The molecule has 25 heavy (non-hydrogen) atoms. The van der Waals surface area contributed by atoms with Gasteiger partial charge in [0.15, 0.2) is 6.10 Å². The van der Waals surface area contributed by atoms with E-state index < -0.39 is 73.9 Å². The Balaban J connectivity index is 1.91. The van der Waals surface area contributed by atoms with Gasteiger partial charge in [0.05, 0.1) is 38.4 Å². The standard InChI is InChI=1S/C14H24O11/c15-1-6-5(9(17)13(21)14(22)25-6)3-23-4-8-11(19)12(20)10(18)7(2-16)24-8/h5-13,15-21H,1-4H2/t5-,6?,7?,8-,9?,10+,11?,12?,13?/m1/s1. The maximum Gasteiger partial charge on any atom is 0.338 e. The molecule has 146 valence electrons. The van der Waals surface area contributed by atoms with Gasteiger partial charge >= 0.3 is 5.97 Å². The van der Waals surface area contributed by atoms with Crippen LogP contribution in [0, 0.1) is 5.92 Å². The number of rotatable bonds is 6. The smallest absolute Gasteiger partial charge is 0.338 e. The maximum atomic E-state index is 11.3. The minimum absolute atomic E-state index is 0.244. The molecule has 11 nitrogen and oxygen atoms in total. The molecule has 9 atom stereocenters. The lowest BCUT2D eigenvalue weighted by molar-refractivity contribution is -0.242. The third-order valence-electron chi connectivity index (χ3n) is 4.51. The van der Waals surface area contributed by atoms with Gasteiger partial charge in [0.2, 0.25) is 0 Å². The third kappa shape index (κ3) is 4.27. The summed E-state index contributed by atoms with van der Waals surface area (Å²) >= 11 is 0. The van der Waals surface area contributed by atoms with Crippen LogP contribution in [0.25, 0.3) is 0 Å². The zero-order valence-corrected chi connectivity index (χ0v) is 13.3. The molecular weight excluding hydrogens is 344 g/mol. The highest BCUT2D eigenvalue weighted by molar-refractivity contribution is 5.76. The largest absolute Gasteiger partial charge is 0.457 e. The van der Waals surface area contributed by atoms with Crippen molar-refractivity contribution in [3.05, 3.63) is 0 Å². The Morgan fingerprint density at radius 2 is 1.40 bits per heavy atom. The average molecular weight is 368 g/mol. The van der Waals surface area contributed by atoms with Gasteiger partial charge in [-0.05, 0) is 0 Å². The van der Waals surface area contributed by atoms with Gasteiger partial charge in [0.1, 0.15) is 36.6 Å². The molecule has 0 amide bonds. The van der Waals surface area contributed by atoms with Gasteiger partial charge in [-0.2, -0.15) is 0 Å². The van der Waals surface area contributed by atoms with Crippen molar-refractivity contribution >= 4 is 5.97 Å². The highest BCUT2D eigenvalue weighted by Crippen LogP contribution is 2.25. The summed E-state index contributed by atoms with van der Waals surface area (Å²) in [4.78, 5) is 11.3. The predicted octanol–water partition coefficient (Wildman–Crippen LogP) is -4.90. The second-order valence-corrected chi connectivity index (χ2v) is 6.16. The van der Waals surface area contributed by atoms with Gasteiger partial charge in [-0.25, -0.2) is 4.79 Å². The van der Waals surface area contributed by atoms with Crippen molar-refractivity contribution in [2.24, 2.45) is 5.92 Å². The van der Waals surface area contributed by atoms with Crippen molar-refractivity contribution in [1.29, 1.82) is 0 Å². The van der Waals surface area contributed by atoms with E-state index in [9.17, 15) is 35.4 Å². The first-order valence-corrected chi connectivity index (χ1v) is 7.87. The number of aliphatic hydroxyl groups is 7. The van der Waals surface area contributed by atoms with Crippen molar-refractivity contribution in [2.45, 2.75) is 48.8 Å². The first-order valence-electron chi connectivity index (χ1n) is 7.87. The van der Waals surface area contributed by atoms with E-state index in [0.29, 0.717) is 0 Å². The van der Waals surface area contributed by atoms with Crippen molar-refractivity contribution in [3.8, 4) is 0 Å². The van der Waals surface area contributed by atoms with Crippen LogP contribution < -0.4 is 0 Å². The Bertz CT molecular complexity index is 442. The second kappa shape index (κ2) is 8.66. The van der Waals surface area contributed by atoms with Gasteiger partial charge in [-0.1, -0.05) is 0 Å². The maximum absolute atomic E-state index is 11.3. The minimum atomic E-state index is -1.76. The lowest BCUT2D eigenvalue weighted by Crippen LogP contribution is -2.60. The fraction of sp³-hybridized carbons (Fsp3) is 0.929. The van der Waals surface area contributed by atoms with Crippen LogP contribution in [-0.4, -0.2) is 117 Å². The lowest BCUT2D eigenvalue weighted by atomic mass is 9.90. The van der Waals surface area contributed by atoms with Crippen LogP contribution in [-0.2, 0) is 19.0 Å². The van der Waals surface area contributed by atoms with Gasteiger partial charge in [-0.15, -0.1) is 0 Å². The lowest BCUT2D eigenvalue weighted by Gasteiger charge is -2.40. The molecule has 11 heteroatoms. The summed E-state index contributed by atoms with van der Waals surface area (Å²) in [5.41, 5.74) is 0. The number of hydrogen-bond donors (Lipinski definition) is 7. The van der Waals surface area contributed by atoms with Gasteiger partial charge < -0.3 is 50.0 Å². The molecule has 2 aliphatic rings. The van der Waals surface area contributed by atoms with E-state index in [1.807, 2.05) is 0 Å². The van der Waals surface area contributed by atoms with Gasteiger partial charge in [0.25, 0.3) is 0 Å². The molecule has 2 fully saturated rings. The summed E-state index contributed by atoms with van der Waals surface area (Å²) in [6, 6.07) is 0. The molecule has 2 rings (SSSR count). The first-order chi connectivity index (χ1) is 11.8. The van der Waals surface area contributed by atoms with Crippen molar-refractivity contribution in [3.63, 3.8) is 0 Å². The molecular formula is C14H24O11. The number of cyclic esters (lactones) is 1. The number of esters is 1. The molecule has 0 spiro atoms. The Morgan fingerprint density at radius 3 is 2.00 bits per heavy atom. The molecule has 2 saturated heterocycles. The quantitative estimate of drug-likeness (QED) is 0.223. The van der Waals surface area contributed by atoms with Gasteiger partial charge in [-0.3, -0.25) is 0 Å². The van der Waals surface area contributed by atoms with E-state index in [1.165, 1.54) is 0 Å². The average Bonchev–Trinajstić information content (AvgIpc) is 2.61. The van der Waals surface area contributed by atoms with Crippen LogP contribution in [0.5, 0.6) is 0 Å². The van der Waals surface area contributed by atoms with Crippen LogP contribution in [0.2, 0.25) is 0 Å². The number of hydrogen-bond acceptors (Lipinski definition) is 11. The van der Waals surface area contributed by atoms with E-state index in [4.69, 9.17) is 19.3 Å². The number of carbonyl (C=O) groups excluding carboxylic acids is 1. The van der Waals surface area contributed by atoms with Crippen molar-refractivity contribution in [1.82, 2.24) is 0 Å². The zero-order valence-electron chi connectivity index (χ0n) is 13.3. The third-order valence-corrected chi connectivity index (χ3v) is 4.51. The highest BCUT2D eigenvalue weighted by Gasteiger charge is 2.46. The summed E-state index contributed by atoms with van der Waals surface area (Å²) in [6.45, 7) is -1.67. The number of aliphatic hydroxyl groups excluding tert-OH is 7. The van der Waals surface area contributed by atoms with E-state index in [0.717, 1.165) is 0 Å². The minimum Gasteiger partial charge on any atom is -0.457 e. The number of carbonyl (C=O) groups is 1. The SMILES string of the molecule is O=C1OC(CO)[C@@H](COC[C@H]2OC(CO)[C@H](O)C(O)C2O)C(O)C1O. The van der Waals surface area contributed by atoms with E-state index >= 15 is 0 Å². The monoisotopic (exact) mass is 368 g/mol. The number of ether oxygens (including phenoxy) is 3. The molecule has 0 aromatic carbocycles. The van der Waals surface area contributed by atoms with Gasteiger partial charge in [0, 0.05) is 0 Å². The molecule has 0 bridgehead atoms. The topological polar surface area (TPSA) is 186 Å². The Hall–Kier alpha value is -0.890. The normalized spacial score (nSPS) is 45.2. The summed E-state index contributed by atoms with van der Waals surface area (Å²) < 4.78 is 15.4. The van der Waals surface area contributed by atoms with Crippen LogP contribution in [0.4, 0.5) is 0 Å². The zero-order chi connectivity index (χ0) is 18.7. The second-order valence-electron chi connectivity index (χ2n) is 6.16. The Kier molecular flexibility index (Phi) is 7.08. The highest BCUT2D eigenvalue weighted by atomic mass is 16.6. The molecule has 0 aliphatic carbocycles. The predicted molar refractivity (Wildman–Crippen MR) is 77.1 cm³/mol. The fourth-order valence-corrected chi connectivity index (χ4v) is 2.91. The molecule has 0 aromatic rings. The summed E-state index contributed by atoms with van der Waals surface area (Å²) in [6.07, 6.45) is -10.9. The van der Waals surface area contributed by atoms with E-state index in [-0.39, 0.29) is 13.2 Å². The molecule has 6 unspecified atom stereocenters. The Labute approximate surface area is 143 Å². The molecule has 7 N–H and O–H groups in total. The summed E-state index contributed by atoms with van der Waals surface area (Å²) in [7, 11) is 0. The van der Waals surface area contributed by atoms with E-state index in [2.05, 4.69) is 0 Å². The molecule has 0 radical (unpaired) electrons. The van der Waals surface area contributed by atoms with Crippen molar-refractivity contribution in [2.75, 3.05) is 26.4 Å². The first kappa shape index (κ1) is 20.4. The fourth-order valence-electron chi connectivity index (χ4n) is 2.91. The van der Waals surface area contributed by atoms with Crippen LogP contribution in [0.3, 0.4) is 0 Å². The van der Waals surface area contributed by atoms with Crippen LogP contribution in [0.15, 0.2) is 0 Å². The summed E-state index contributed by atoms with van der Waals surface area (Å²) in [5.74, 6) is -1.96. The van der Waals surface area contributed by atoms with Crippen molar-refractivity contribution < 1.29 is 54.8 Å². The molecule has 0 saturated carbocycles. The summed E-state index contributed by atoms with van der Waals surface area (Å²) in [5, 5.41) is 67.1. The molecule has 2 heterocycles. The van der Waals surface area contributed by atoms with Crippen LogP contribution >= 0.6 is 0 Å². The van der Waals surface area contributed by atoms with E-state index in [1.54, 1.807) is 0 Å². The Morgan fingerprint density at radius 1 is 0.800 bits per heavy atom. The molecule has 0 aromatic heterocycles.